The third-order valence-electron chi connectivity index (χ3n) is 2.51. The van der Waals surface area contributed by atoms with Gasteiger partial charge in [0.2, 0.25) is 5.91 Å². The van der Waals surface area contributed by atoms with Gasteiger partial charge in [-0.2, -0.15) is 0 Å². The zero-order valence-corrected chi connectivity index (χ0v) is 11.9. The Labute approximate surface area is 114 Å². The van der Waals surface area contributed by atoms with E-state index in [2.05, 4.69) is 20.6 Å². The number of rotatable bonds is 7. The van der Waals surface area contributed by atoms with Crippen LogP contribution in [0, 0.1) is 0 Å². The Hall–Kier alpha value is -1.85. The van der Waals surface area contributed by atoms with E-state index in [1.165, 1.54) is 0 Å². The summed E-state index contributed by atoms with van der Waals surface area (Å²) in [4.78, 5) is 19.9. The summed E-state index contributed by atoms with van der Waals surface area (Å²) in [6, 6.07) is 1.68. The van der Waals surface area contributed by atoms with Crippen LogP contribution in [0.3, 0.4) is 0 Å². The number of hydrogen-bond donors (Lipinski definition) is 3. The largest absolute Gasteiger partial charge is 0.384 e. The van der Waals surface area contributed by atoms with E-state index in [1.54, 1.807) is 6.07 Å². The van der Waals surface area contributed by atoms with E-state index in [0.717, 1.165) is 13.0 Å². The van der Waals surface area contributed by atoms with Crippen LogP contribution >= 0.6 is 0 Å². The molecule has 0 saturated heterocycles. The molecule has 1 aromatic heterocycles. The fourth-order valence-corrected chi connectivity index (χ4v) is 1.49. The lowest BCUT2D eigenvalue weighted by atomic mass is 10.2. The first-order chi connectivity index (χ1) is 9.02. The van der Waals surface area contributed by atoms with Crippen LogP contribution in [-0.4, -0.2) is 29.0 Å². The number of nitrogens with zero attached hydrogens (tertiary/aromatic N) is 2. The van der Waals surface area contributed by atoms with Gasteiger partial charge in [-0.25, -0.2) is 9.97 Å². The Balaban J connectivity index is 2.47. The molecular formula is C13H23N5O. The molecular weight excluding hydrogens is 242 g/mol. The maximum absolute atomic E-state index is 11.4. The molecule has 0 unspecified atom stereocenters. The minimum Gasteiger partial charge on any atom is -0.384 e. The predicted molar refractivity (Wildman–Crippen MR) is 76.9 cm³/mol. The summed E-state index contributed by atoms with van der Waals surface area (Å²) in [5.74, 6) is 2.08. The van der Waals surface area contributed by atoms with Crippen molar-refractivity contribution in [3.63, 3.8) is 0 Å². The Kier molecular flexibility index (Phi) is 6.05. The van der Waals surface area contributed by atoms with Crippen LogP contribution in [0.1, 0.15) is 45.4 Å². The molecule has 1 rings (SSSR count). The van der Waals surface area contributed by atoms with Crippen LogP contribution in [-0.2, 0) is 4.79 Å². The second-order valence-electron chi connectivity index (χ2n) is 4.72. The SMILES string of the molecule is CCCNC(=O)CCNc1cc(N)nc(C(C)C)n1. The summed E-state index contributed by atoms with van der Waals surface area (Å²) < 4.78 is 0. The smallest absolute Gasteiger partial charge is 0.221 e. The first kappa shape index (κ1) is 15.2. The lowest BCUT2D eigenvalue weighted by Crippen LogP contribution is -2.26. The minimum atomic E-state index is 0.0421. The van der Waals surface area contributed by atoms with Gasteiger partial charge in [0.15, 0.2) is 0 Å². The highest BCUT2D eigenvalue weighted by atomic mass is 16.1. The molecule has 0 saturated carbocycles. The molecule has 1 aromatic rings. The molecule has 0 aliphatic heterocycles. The van der Waals surface area contributed by atoms with Crippen molar-refractivity contribution in [1.82, 2.24) is 15.3 Å². The number of carbonyl (C=O) groups excluding carboxylic acids is 1. The number of aromatic nitrogens is 2. The van der Waals surface area contributed by atoms with Gasteiger partial charge in [-0.05, 0) is 6.42 Å². The van der Waals surface area contributed by atoms with Crippen molar-refractivity contribution in [2.45, 2.75) is 39.5 Å². The predicted octanol–water partition coefficient (Wildman–Crippen LogP) is 1.51. The normalized spacial score (nSPS) is 10.5. The average Bonchev–Trinajstić information content (AvgIpc) is 2.35. The molecule has 6 heteroatoms. The number of carbonyl (C=O) groups is 1. The van der Waals surface area contributed by atoms with Crippen LogP contribution in [0.4, 0.5) is 11.6 Å². The van der Waals surface area contributed by atoms with Gasteiger partial charge in [0, 0.05) is 31.5 Å². The van der Waals surface area contributed by atoms with Gasteiger partial charge in [-0.3, -0.25) is 4.79 Å². The lowest BCUT2D eigenvalue weighted by molar-refractivity contribution is -0.120. The van der Waals surface area contributed by atoms with Crippen molar-refractivity contribution in [2.24, 2.45) is 0 Å². The minimum absolute atomic E-state index is 0.0421. The van der Waals surface area contributed by atoms with Crippen LogP contribution in [0.25, 0.3) is 0 Å². The van der Waals surface area contributed by atoms with Crippen molar-refractivity contribution in [3.8, 4) is 0 Å². The van der Waals surface area contributed by atoms with Crippen molar-refractivity contribution < 1.29 is 4.79 Å². The van der Waals surface area contributed by atoms with Crippen LogP contribution in [0.15, 0.2) is 6.07 Å². The Morgan fingerprint density at radius 2 is 2.11 bits per heavy atom. The summed E-state index contributed by atoms with van der Waals surface area (Å²) in [5.41, 5.74) is 5.72. The molecule has 1 amide bonds. The fourth-order valence-electron chi connectivity index (χ4n) is 1.49. The molecule has 6 nitrogen and oxygen atoms in total. The van der Waals surface area contributed by atoms with E-state index in [-0.39, 0.29) is 11.8 Å². The Morgan fingerprint density at radius 1 is 1.37 bits per heavy atom. The number of nitrogens with two attached hydrogens (primary N) is 1. The Bertz CT molecular complexity index is 419. The van der Waals surface area contributed by atoms with E-state index in [1.807, 2.05) is 20.8 Å². The zero-order chi connectivity index (χ0) is 14.3. The fraction of sp³-hybridized carbons (Fsp3) is 0.615. The summed E-state index contributed by atoms with van der Waals surface area (Å²) >= 11 is 0. The van der Waals surface area contributed by atoms with Crippen molar-refractivity contribution >= 4 is 17.5 Å². The van der Waals surface area contributed by atoms with Gasteiger partial charge in [-0.15, -0.1) is 0 Å². The quantitative estimate of drug-likeness (QED) is 0.695. The molecule has 0 spiro atoms. The third-order valence-corrected chi connectivity index (χ3v) is 2.51. The van der Waals surface area contributed by atoms with E-state index in [4.69, 9.17) is 5.73 Å². The van der Waals surface area contributed by atoms with E-state index in [9.17, 15) is 4.79 Å². The average molecular weight is 265 g/mol. The summed E-state index contributed by atoms with van der Waals surface area (Å²) in [6.07, 6.45) is 1.36. The molecule has 0 atom stereocenters. The van der Waals surface area contributed by atoms with Gasteiger partial charge in [0.1, 0.15) is 17.5 Å². The molecule has 1 heterocycles. The number of nitrogen functional groups attached to an aromatic ring is 1. The standard InChI is InChI=1S/C13H23N5O/c1-4-6-16-12(19)5-7-15-11-8-10(14)17-13(18-11)9(2)3/h8-9H,4-7H2,1-3H3,(H,16,19)(H3,14,15,17,18). The van der Waals surface area contributed by atoms with Crippen molar-refractivity contribution in [1.29, 1.82) is 0 Å². The van der Waals surface area contributed by atoms with Gasteiger partial charge in [0.25, 0.3) is 0 Å². The molecule has 0 fully saturated rings. The monoisotopic (exact) mass is 265 g/mol. The second-order valence-corrected chi connectivity index (χ2v) is 4.72. The summed E-state index contributed by atoms with van der Waals surface area (Å²) in [6.45, 7) is 7.30. The third kappa shape index (κ3) is 5.54. The molecule has 0 aliphatic carbocycles. The molecule has 106 valence electrons. The van der Waals surface area contributed by atoms with Crippen LogP contribution in [0.2, 0.25) is 0 Å². The van der Waals surface area contributed by atoms with E-state index < -0.39 is 0 Å². The lowest BCUT2D eigenvalue weighted by Gasteiger charge is -2.10. The van der Waals surface area contributed by atoms with Gasteiger partial charge < -0.3 is 16.4 Å². The molecule has 4 N–H and O–H groups in total. The van der Waals surface area contributed by atoms with Crippen LogP contribution in [0.5, 0.6) is 0 Å². The van der Waals surface area contributed by atoms with Crippen molar-refractivity contribution in [3.05, 3.63) is 11.9 Å². The van der Waals surface area contributed by atoms with Gasteiger partial charge >= 0.3 is 0 Å². The highest BCUT2D eigenvalue weighted by Crippen LogP contribution is 2.14. The number of nitrogens with one attached hydrogen (secondary N) is 2. The first-order valence-corrected chi connectivity index (χ1v) is 6.68. The van der Waals surface area contributed by atoms with Crippen LogP contribution < -0.4 is 16.4 Å². The van der Waals surface area contributed by atoms with Crippen molar-refractivity contribution in [2.75, 3.05) is 24.1 Å². The molecule has 19 heavy (non-hydrogen) atoms. The molecule has 0 bridgehead atoms. The van der Waals surface area contributed by atoms with E-state index in [0.29, 0.717) is 30.4 Å². The molecule has 0 aliphatic rings. The maximum Gasteiger partial charge on any atom is 0.221 e. The Morgan fingerprint density at radius 3 is 2.74 bits per heavy atom. The molecule has 0 aromatic carbocycles. The first-order valence-electron chi connectivity index (χ1n) is 6.68. The topological polar surface area (TPSA) is 92.9 Å². The highest BCUT2D eigenvalue weighted by molar-refractivity contribution is 5.76. The maximum atomic E-state index is 11.4. The highest BCUT2D eigenvalue weighted by Gasteiger charge is 2.07. The summed E-state index contributed by atoms with van der Waals surface area (Å²) in [5, 5.41) is 5.92. The number of amides is 1. The second kappa shape index (κ2) is 7.56. The van der Waals surface area contributed by atoms with Gasteiger partial charge in [0.05, 0.1) is 0 Å². The number of hydrogen-bond acceptors (Lipinski definition) is 5. The molecule has 0 radical (unpaired) electrons. The summed E-state index contributed by atoms with van der Waals surface area (Å²) in [7, 11) is 0. The number of anilines is 2. The zero-order valence-electron chi connectivity index (χ0n) is 11.9. The van der Waals surface area contributed by atoms with Gasteiger partial charge in [-0.1, -0.05) is 20.8 Å². The van der Waals surface area contributed by atoms with E-state index >= 15 is 0 Å².